The molecule has 0 amide bonds. The van der Waals surface area contributed by atoms with Crippen LogP contribution in [0.1, 0.15) is 39.5 Å². The van der Waals surface area contributed by atoms with Crippen molar-refractivity contribution in [2.75, 3.05) is 0 Å². The van der Waals surface area contributed by atoms with Crippen molar-refractivity contribution in [3.63, 3.8) is 0 Å². The van der Waals surface area contributed by atoms with Crippen LogP contribution >= 0.6 is 0 Å². The average Bonchev–Trinajstić information content (AvgIpc) is 2.03. The topological polar surface area (TPSA) is 37.3 Å². The minimum absolute atomic E-state index is 0.253. The van der Waals surface area contributed by atoms with Gasteiger partial charge in [0.25, 0.3) is 0 Å². The van der Waals surface area contributed by atoms with Crippen molar-refractivity contribution in [2.45, 2.75) is 45.1 Å². The second-order valence-electron chi connectivity index (χ2n) is 4.40. The fourth-order valence-corrected chi connectivity index (χ4v) is 1.96. The van der Waals surface area contributed by atoms with Crippen LogP contribution in [0.5, 0.6) is 0 Å². The molecule has 0 aromatic rings. The van der Waals surface area contributed by atoms with Crippen molar-refractivity contribution in [3.8, 4) is 0 Å². The molecule has 0 heterocycles. The smallest absolute Gasteiger partial charge is 0.123 e. The molecule has 1 aliphatic carbocycles. The van der Waals surface area contributed by atoms with Crippen LogP contribution in [0.2, 0.25) is 0 Å². The van der Waals surface area contributed by atoms with Crippen LogP contribution in [-0.4, -0.2) is 17.0 Å². The van der Waals surface area contributed by atoms with E-state index < -0.39 is 5.60 Å². The zero-order valence-electron chi connectivity index (χ0n) is 7.92. The fourth-order valence-electron chi connectivity index (χ4n) is 1.96. The molecule has 0 unspecified atom stereocenters. The third-order valence-corrected chi connectivity index (χ3v) is 2.96. The average molecular weight is 170 g/mol. The summed E-state index contributed by atoms with van der Waals surface area (Å²) in [4.78, 5) is 10.5. The van der Waals surface area contributed by atoms with E-state index in [9.17, 15) is 9.90 Å². The Morgan fingerprint density at radius 1 is 1.25 bits per heavy atom. The van der Waals surface area contributed by atoms with Crippen LogP contribution in [0.25, 0.3) is 0 Å². The van der Waals surface area contributed by atoms with E-state index in [-0.39, 0.29) is 5.92 Å². The Morgan fingerprint density at radius 2 is 1.75 bits per heavy atom. The highest BCUT2D eigenvalue weighted by molar-refractivity contribution is 5.53. The highest BCUT2D eigenvalue weighted by Crippen LogP contribution is 2.34. The molecule has 0 aliphatic heterocycles. The molecule has 0 aromatic heterocycles. The summed E-state index contributed by atoms with van der Waals surface area (Å²) < 4.78 is 0. The van der Waals surface area contributed by atoms with E-state index >= 15 is 0 Å². The first-order chi connectivity index (χ1) is 5.54. The summed E-state index contributed by atoms with van der Waals surface area (Å²) in [7, 11) is 0. The van der Waals surface area contributed by atoms with Gasteiger partial charge in [-0.25, -0.2) is 0 Å². The molecule has 1 fully saturated rings. The lowest BCUT2D eigenvalue weighted by Crippen LogP contribution is -2.34. The SMILES string of the molecule is CC(C)(O)[C@H]1CC[C@H](C=O)CC1. The van der Waals surface area contributed by atoms with Gasteiger partial charge in [-0.2, -0.15) is 0 Å². The molecule has 0 spiro atoms. The zero-order chi connectivity index (χ0) is 9.19. The lowest BCUT2D eigenvalue weighted by molar-refractivity contribution is -0.113. The summed E-state index contributed by atoms with van der Waals surface area (Å²) >= 11 is 0. The molecule has 2 heteroatoms. The molecule has 0 saturated heterocycles. The Balaban J connectivity index is 2.41. The second-order valence-corrected chi connectivity index (χ2v) is 4.40. The first kappa shape index (κ1) is 9.72. The minimum atomic E-state index is -0.562. The first-order valence-corrected chi connectivity index (χ1v) is 4.71. The Labute approximate surface area is 74.0 Å². The Bertz CT molecular complexity index is 150. The highest BCUT2D eigenvalue weighted by atomic mass is 16.3. The van der Waals surface area contributed by atoms with Gasteiger partial charge in [-0.15, -0.1) is 0 Å². The number of hydrogen-bond donors (Lipinski definition) is 1. The Kier molecular flexibility index (Phi) is 2.89. The van der Waals surface area contributed by atoms with Crippen molar-refractivity contribution in [2.24, 2.45) is 11.8 Å². The van der Waals surface area contributed by atoms with Crippen molar-refractivity contribution in [1.82, 2.24) is 0 Å². The van der Waals surface area contributed by atoms with E-state index in [4.69, 9.17) is 0 Å². The van der Waals surface area contributed by atoms with Crippen molar-refractivity contribution < 1.29 is 9.90 Å². The van der Waals surface area contributed by atoms with Gasteiger partial charge in [-0.1, -0.05) is 0 Å². The Hall–Kier alpha value is -0.370. The largest absolute Gasteiger partial charge is 0.390 e. The van der Waals surface area contributed by atoms with E-state index in [1.807, 2.05) is 13.8 Å². The maximum Gasteiger partial charge on any atom is 0.123 e. The molecule has 2 nitrogen and oxygen atoms in total. The fraction of sp³-hybridized carbons (Fsp3) is 0.900. The molecule has 0 aromatic carbocycles. The van der Waals surface area contributed by atoms with Crippen LogP contribution in [0.15, 0.2) is 0 Å². The molecule has 0 bridgehead atoms. The van der Waals surface area contributed by atoms with Crippen LogP contribution in [0, 0.1) is 11.8 Å². The van der Waals surface area contributed by atoms with Crippen molar-refractivity contribution in [1.29, 1.82) is 0 Å². The molecule has 70 valence electrons. The number of aldehydes is 1. The number of carbonyl (C=O) groups is 1. The molecule has 0 radical (unpaired) electrons. The van der Waals surface area contributed by atoms with Gasteiger partial charge in [0.05, 0.1) is 5.60 Å². The van der Waals surface area contributed by atoms with Crippen LogP contribution in [-0.2, 0) is 4.79 Å². The van der Waals surface area contributed by atoms with Gasteiger partial charge < -0.3 is 9.90 Å². The number of carbonyl (C=O) groups excluding carboxylic acids is 1. The number of aliphatic hydroxyl groups is 1. The monoisotopic (exact) mass is 170 g/mol. The van der Waals surface area contributed by atoms with Gasteiger partial charge in [-0.3, -0.25) is 0 Å². The predicted molar refractivity (Wildman–Crippen MR) is 47.8 cm³/mol. The van der Waals surface area contributed by atoms with Gasteiger partial charge in [0, 0.05) is 5.92 Å². The number of rotatable bonds is 2. The molecule has 1 aliphatic rings. The predicted octanol–water partition coefficient (Wildman–Crippen LogP) is 1.76. The Morgan fingerprint density at radius 3 is 2.08 bits per heavy atom. The number of hydrogen-bond acceptors (Lipinski definition) is 2. The van der Waals surface area contributed by atoms with Gasteiger partial charge in [0.1, 0.15) is 6.29 Å². The molecular weight excluding hydrogens is 152 g/mol. The van der Waals surface area contributed by atoms with Gasteiger partial charge in [0.15, 0.2) is 0 Å². The third-order valence-electron chi connectivity index (χ3n) is 2.96. The van der Waals surface area contributed by atoms with Crippen molar-refractivity contribution >= 4 is 6.29 Å². The van der Waals surface area contributed by atoms with E-state index in [0.717, 1.165) is 32.0 Å². The third kappa shape index (κ3) is 2.31. The van der Waals surface area contributed by atoms with Gasteiger partial charge >= 0.3 is 0 Å². The highest BCUT2D eigenvalue weighted by Gasteiger charge is 2.30. The summed E-state index contributed by atoms with van der Waals surface area (Å²) in [5, 5.41) is 9.71. The summed E-state index contributed by atoms with van der Waals surface area (Å²) in [5.74, 6) is 0.636. The lowest BCUT2D eigenvalue weighted by Gasteiger charge is -2.34. The second kappa shape index (κ2) is 3.56. The van der Waals surface area contributed by atoms with Gasteiger partial charge in [-0.05, 0) is 45.4 Å². The maximum absolute atomic E-state index is 10.5. The first-order valence-electron chi connectivity index (χ1n) is 4.71. The zero-order valence-corrected chi connectivity index (χ0v) is 7.92. The molecule has 1 saturated carbocycles. The van der Waals surface area contributed by atoms with E-state index in [1.54, 1.807) is 0 Å². The summed E-state index contributed by atoms with van der Waals surface area (Å²) in [5.41, 5.74) is -0.562. The van der Waals surface area contributed by atoms with E-state index in [0.29, 0.717) is 5.92 Å². The molecule has 0 atom stereocenters. The van der Waals surface area contributed by atoms with E-state index in [2.05, 4.69) is 0 Å². The quantitative estimate of drug-likeness (QED) is 0.641. The van der Waals surface area contributed by atoms with Crippen LogP contribution < -0.4 is 0 Å². The summed E-state index contributed by atoms with van der Waals surface area (Å²) in [6, 6.07) is 0. The molecule has 1 rings (SSSR count). The van der Waals surface area contributed by atoms with Gasteiger partial charge in [0.2, 0.25) is 0 Å². The van der Waals surface area contributed by atoms with Crippen LogP contribution in [0.3, 0.4) is 0 Å². The minimum Gasteiger partial charge on any atom is -0.390 e. The molecule has 12 heavy (non-hydrogen) atoms. The lowest BCUT2D eigenvalue weighted by atomic mass is 9.75. The van der Waals surface area contributed by atoms with Crippen molar-refractivity contribution in [3.05, 3.63) is 0 Å². The maximum atomic E-state index is 10.5. The normalized spacial score (nSPS) is 31.6. The summed E-state index contributed by atoms with van der Waals surface area (Å²) in [6.45, 7) is 3.72. The van der Waals surface area contributed by atoms with E-state index in [1.165, 1.54) is 0 Å². The standard InChI is InChI=1S/C10H18O2/c1-10(2,12)9-5-3-8(7-11)4-6-9/h7-9,12H,3-6H2,1-2H3/t8-,9-. The molecule has 1 N–H and O–H groups in total. The molecular formula is C10H18O2. The van der Waals surface area contributed by atoms with Crippen LogP contribution in [0.4, 0.5) is 0 Å². The summed E-state index contributed by atoms with van der Waals surface area (Å²) in [6.07, 6.45) is 4.96.